The van der Waals surface area contributed by atoms with Gasteiger partial charge in [0.15, 0.2) is 0 Å². The average molecular weight is 314 g/mol. The van der Waals surface area contributed by atoms with Crippen molar-refractivity contribution in [1.29, 1.82) is 0 Å². The molecule has 1 atom stereocenters. The lowest BCUT2D eigenvalue weighted by molar-refractivity contribution is 0.559. The van der Waals surface area contributed by atoms with Crippen LogP contribution in [0.1, 0.15) is 18.2 Å². The Hall–Kier alpha value is -1.37. The third kappa shape index (κ3) is 3.59. The molecule has 108 valence electrons. The summed E-state index contributed by atoms with van der Waals surface area (Å²) in [7, 11) is -3.54. The van der Waals surface area contributed by atoms with Gasteiger partial charge in [-0.15, -0.1) is 0 Å². The Bertz CT molecular complexity index is 680. The molecule has 2 aromatic rings. The zero-order valence-corrected chi connectivity index (χ0v) is 12.8. The van der Waals surface area contributed by atoms with Crippen LogP contribution in [-0.4, -0.2) is 24.7 Å². The van der Waals surface area contributed by atoms with Crippen LogP contribution in [0.4, 0.5) is 0 Å². The van der Waals surface area contributed by atoms with E-state index in [0.29, 0.717) is 17.1 Å². The fraction of sp³-hybridized carbons (Fsp3) is 0.308. The van der Waals surface area contributed by atoms with Crippen LogP contribution >= 0.6 is 11.6 Å². The highest BCUT2D eigenvalue weighted by Crippen LogP contribution is 2.14. The minimum atomic E-state index is -3.54. The van der Waals surface area contributed by atoms with Crippen LogP contribution in [0.2, 0.25) is 5.02 Å². The largest absolute Gasteiger partial charge is 0.281 e. The predicted molar refractivity (Wildman–Crippen MR) is 78.3 cm³/mol. The molecule has 20 heavy (non-hydrogen) atoms. The van der Waals surface area contributed by atoms with Crippen LogP contribution in [0, 0.1) is 6.92 Å². The summed E-state index contributed by atoms with van der Waals surface area (Å²) in [6.45, 7) is 3.49. The quantitative estimate of drug-likeness (QED) is 0.889. The van der Waals surface area contributed by atoms with Gasteiger partial charge in [0.25, 0.3) is 0 Å². The fourth-order valence-corrected chi connectivity index (χ4v) is 3.46. The van der Waals surface area contributed by atoms with Gasteiger partial charge in [-0.2, -0.15) is 5.10 Å². The zero-order chi connectivity index (χ0) is 14.8. The number of benzene rings is 1. The molecule has 0 radical (unpaired) electrons. The van der Waals surface area contributed by atoms with Gasteiger partial charge in [0.1, 0.15) is 4.90 Å². The van der Waals surface area contributed by atoms with Gasteiger partial charge >= 0.3 is 0 Å². The van der Waals surface area contributed by atoms with E-state index in [1.54, 1.807) is 19.1 Å². The van der Waals surface area contributed by atoms with Gasteiger partial charge in [-0.3, -0.25) is 5.10 Å². The van der Waals surface area contributed by atoms with Crippen molar-refractivity contribution >= 4 is 21.6 Å². The standard InChI is InChI=1S/C13H16ClN3O2S/c1-9(7-11-3-5-12(14)6-4-11)17-20(18,19)13-8-15-16-10(13)2/h3-6,8-9,17H,7H2,1-2H3,(H,15,16). The van der Waals surface area contributed by atoms with Gasteiger partial charge in [0, 0.05) is 11.1 Å². The smallest absolute Gasteiger partial charge is 0.244 e. The summed E-state index contributed by atoms with van der Waals surface area (Å²) >= 11 is 5.82. The lowest BCUT2D eigenvalue weighted by Crippen LogP contribution is -2.34. The van der Waals surface area contributed by atoms with Crippen LogP contribution in [0.5, 0.6) is 0 Å². The molecule has 1 heterocycles. The number of aromatic nitrogens is 2. The van der Waals surface area contributed by atoms with Gasteiger partial charge in [-0.25, -0.2) is 13.1 Å². The lowest BCUT2D eigenvalue weighted by Gasteiger charge is -2.14. The molecule has 0 spiro atoms. The number of rotatable bonds is 5. The molecule has 0 saturated carbocycles. The normalized spacial score (nSPS) is 13.3. The Balaban J connectivity index is 2.06. The van der Waals surface area contributed by atoms with Crippen molar-refractivity contribution in [3.8, 4) is 0 Å². The molecule has 0 aliphatic carbocycles. The number of nitrogens with one attached hydrogen (secondary N) is 2. The van der Waals surface area contributed by atoms with Crippen LogP contribution in [-0.2, 0) is 16.4 Å². The Morgan fingerprint density at radius 1 is 1.35 bits per heavy atom. The molecular weight excluding hydrogens is 298 g/mol. The van der Waals surface area contributed by atoms with E-state index in [4.69, 9.17) is 11.6 Å². The van der Waals surface area contributed by atoms with E-state index in [-0.39, 0.29) is 10.9 Å². The van der Waals surface area contributed by atoms with Crippen molar-refractivity contribution in [1.82, 2.24) is 14.9 Å². The van der Waals surface area contributed by atoms with Gasteiger partial charge in [-0.1, -0.05) is 23.7 Å². The molecular formula is C13H16ClN3O2S. The Kier molecular flexibility index (Phi) is 4.47. The second kappa shape index (κ2) is 5.95. The number of nitrogens with zero attached hydrogens (tertiary/aromatic N) is 1. The number of H-pyrrole nitrogens is 1. The monoisotopic (exact) mass is 313 g/mol. The second-order valence-corrected chi connectivity index (χ2v) is 6.83. The molecule has 0 amide bonds. The molecule has 0 fully saturated rings. The summed E-state index contributed by atoms with van der Waals surface area (Å²) in [5.41, 5.74) is 1.55. The fourth-order valence-electron chi connectivity index (χ4n) is 1.95. The van der Waals surface area contributed by atoms with Crippen molar-refractivity contribution in [2.24, 2.45) is 0 Å². The number of halogens is 1. The van der Waals surface area contributed by atoms with Crippen molar-refractivity contribution in [3.05, 3.63) is 46.7 Å². The van der Waals surface area contributed by atoms with Gasteiger partial charge in [0.05, 0.1) is 11.9 Å². The number of aryl methyl sites for hydroxylation is 1. The maximum absolute atomic E-state index is 12.2. The summed E-state index contributed by atoms with van der Waals surface area (Å²) in [4.78, 5) is 0.181. The van der Waals surface area contributed by atoms with Gasteiger partial charge < -0.3 is 0 Å². The number of hydrogen-bond acceptors (Lipinski definition) is 3. The second-order valence-electron chi connectivity index (χ2n) is 4.71. The predicted octanol–water partition coefficient (Wildman–Crippen LogP) is 2.28. The van der Waals surface area contributed by atoms with Crippen molar-refractivity contribution in [2.75, 3.05) is 0 Å². The van der Waals surface area contributed by atoms with E-state index in [2.05, 4.69) is 14.9 Å². The average Bonchev–Trinajstić information content (AvgIpc) is 2.78. The van der Waals surface area contributed by atoms with Crippen LogP contribution in [0.3, 0.4) is 0 Å². The summed E-state index contributed by atoms with van der Waals surface area (Å²) in [5, 5.41) is 7.01. The Morgan fingerprint density at radius 3 is 2.55 bits per heavy atom. The molecule has 1 unspecified atom stereocenters. The number of hydrogen-bond donors (Lipinski definition) is 2. The molecule has 0 aliphatic heterocycles. The summed E-state index contributed by atoms with van der Waals surface area (Å²) in [6.07, 6.45) is 1.90. The number of sulfonamides is 1. The highest BCUT2D eigenvalue weighted by atomic mass is 35.5. The van der Waals surface area contributed by atoms with E-state index in [0.717, 1.165) is 5.56 Å². The van der Waals surface area contributed by atoms with Gasteiger partial charge in [0.2, 0.25) is 10.0 Å². The van der Waals surface area contributed by atoms with E-state index in [9.17, 15) is 8.42 Å². The summed E-state index contributed by atoms with van der Waals surface area (Å²) in [6, 6.07) is 7.12. The molecule has 5 nitrogen and oxygen atoms in total. The highest BCUT2D eigenvalue weighted by Gasteiger charge is 2.20. The molecule has 0 bridgehead atoms. The minimum Gasteiger partial charge on any atom is -0.281 e. The lowest BCUT2D eigenvalue weighted by atomic mass is 10.1. The minimum absolute atomic E-state index is 0.181. The third-order valence-electron chi connectivity index (χ3n) is 2.88. The van der Waals surface area contributed by atoms with Crippen LogP contribution in [0.15, 0.2) is 35.4 Å². The first-order valence-corrected chi connectivity index (χ1v) is 8.01. The summed E-state index contributed by atoms with van der Waals surface area (Å²) in [5.74, 6) is 0. The SMILES string of the molecule is Cc1[nH]ncc1S(=O)(=O)NC(C)Cc1ccc(Cl)cc1. The maximum Gasteiger partial charge on any atom is 0.244 e. The van der Waals surface area contributed by atoms with Crippen molar-refractivity contribution in [2.45, 2.75) is 31.2 Å². The first-order valence-electron chi connectivity index (χ1n) is 6.15. The molecule has 7 heteroatoms. The highest BCUT2D eigenvalue weighted by molar-refractivity contribution is 7.89. The molecule has 2 N–H and O–H groups in total. The van der Waals surface area contributed by atoms with Crippen LogP contribution < -0.4 is 4.72 Å². The Morgan fingerprint density at radius 2 is 2.00 bits per heavy atom. The molecule has 1 aromatic carbocycles. The molecule has 0 aliphatic rings. The summed E-state index contributed by atoms with van der Waals surface area (Å²) < 4.78 is 27.0. The molecule has 1 aromatic heterocycles. The first kappa shape index (κ1) is 15.0. The van der Waals surface area contributed by atoms with Crippen LogP contribution in [0.25, 0.3) is 0 Å². The third-order valence-corrected chi connectivity index (χ3v) is 4.84. The van der Waals surface area contributed by atoms with E-state index in [1.807, 2.05) is 19.1 Å². The van der Waals surface area contributed by atoms with Gasteiger partial charge in [-0.05, 0) is 38.0 Å². The molecule has 2 rings (SSSR count). The number of aromatic amines is 1. The van der Waals surface area contributed by atoms with E-state index >= 15 is 0 Å². The zero-order valence-electron chi connectivity index (χ0n) is 11.2. The molecule has 0 saturated heterocycles. The maximum atomic E-state index is 12.2. The van der Waals surface area contributed by atoms with Crippen molar-refractivity contribution < 1.29 is 8.42 Å². The Labute approximate surface area is 123 Å². The first-order chi connectivity index (χ1) is 9.38. The van der Waals surface area contributed by atoms with E-state index < -0.39 is 10.0 Å². The van der Waals surface area contributed by atoms with E-state index in [1.165, 1.54) is 6.20 Å². The topological polar surface area (TPSA) is 74.8 Å². The van der Waals surface area contributed by atoms with Crippen molar-refractivity contribution in [3.63, 3.8) is 0 Å².